The molecule has 7 atom stereocenters. The summed E-state index contributed by atoms with van der Waals surface area (Å²) in [7, 11) is 0. The molecule has 0 N–H and O–H groups in total. The first-order chi connectivity index (χ1) is 11.6. The summed E-state index contributed by atoms with van der Waals surface area (Å²) < 4.78 is 5.79. The molecule has 0 amide bonds. The molecule has 3 heteroatoms. The summed E-state index contributed by atoms with van der Waals surface area (Å²) in [5, 5.41) is 4.99. The zero-order chi connectivity index (χ0) is 16.2. The fourth-order valence-electron chi connectivity index (χ4n) is 6.18. The van der Waals surface area contributed by atoms with Crippen LogP contribution in [-0.2, 0) is 5.41 Å². The van der Waals surface area contributed by atoms with Crippen LogP contribution >= 0.6 is 11.6 Å². The monoisotopic (exact) mass is 337 g/mol. The Kier molecular flexibility index (Phi) is 2.38. The van der Waals surface area contributed by atoms with Crippen molar-refractivity contribution in [2.75, 3.05) is 0 Å². The van der Waals surface area contributed by atoms with Crippen LogP contribution in [0.2, 0.25) is 5.02 Å². The fraction of sp³-hybridized carbons (Fsp3) is 0.476. The molecule has 0 radical (unpaired) electrons. The molecular formula is C21H20ClNO. The Hall–Kier alpha value is -1.54. The van der Waals surface area contributed by atoms with Gasteiger partial charge in [0.25, 0.3) is 0 Å². The first kappa shape index (κ1) is 13.7. The van der Waals surface area contributed by atoms with E-state index in [1.54, 1.807) is 5.57 Å². The van der Waals surface area contributed by atoms with E-state index < -0.39 is 0 Å². The van der Waals surface area contributed by atoms with Gasteiger partial charge in [0.05, 0.1) is 5.69 Å². The van der Waals surface area contributed by atoms with Crippen LogP contribution in [0.1, 0.15) is 36.3 Å². The van der Waals surface area contributed by atoms with Crippen molar-refractivity contribution in [3.8, 4) is 0 Å². The van der Waals surface area contributed by atoms with Gasteiger partial charge in [-0.2, -0.15) is 0 Å². The van der Waals surface area contributed by atoms with Crippen LogP contribution < -0.4 is 0 Å². The summed E-state index contributed by atoms with van der Waals surface area (Å²) in [5.74, 6) is 5.77. The van der Waals surface area contributed by atoms with Gasteiger partial charge in [-0.3, -0.25) is 0 Å². The summed E-state index contributed by atoms with van der Waals surface area (Å²) >= 11 is 6.14. The van der Waals surface area contributed by atoms with Gasteiger partial charge in [0.15, 0.2) is 0 Å². The molecule has 0 spiro atoms. The second-order valence-electron chi connectivity index (χ2n) is 8.47. The van der Waals surface area contributed by atoms with E-state index in [9.17, 15) is 0 Å². The summed E-state index contributed by atoms with van der Waals surface area (Å²) in [5.41, 5.74) is 4.04. The number of halogens is 1. The zero-order valence-electron chi connectivity index (χ0n) is 13.9. The standard InChI is InChI=1S/C21H20ClNO/c1-10-7-16(24-23-10)20-19-17-14-8-13(14)15(18(17)19)9-21(20,2)11-3-5-12(22)6-4-11/h3-7,9,13-14,17-20H,8H2,1-2H3/t13-,14?,17+,18?,19?,20?,21-/m0/s1. The van der Waals surface area contributed by atoms with E-state index in [-0.39, 0.29) is 5.41 Å². The number of fused-ring (bicyclic) bond motifs is 4. The number of aryl methyl sites for hydroxylation is 1. The Bertz CT molecular complexity index is 881. The highest BCUT2D eigenvalue weighted by Crippen LogP contribution is 2.81. The summed E-state index contributed by atoms with van der Waals surface area (Å²) in [4.78, 5) is 0. The Morgan fingerprint density at radius 1 is 1.21 bits per heavy atom. The second kappa shape index (κ2) is 4.16. The van der Waals surface area contributed by atoms with Crippen LogP contribution in [0.25, 0.3) is 0 Å². The maximum atomic E-state index is 6.14. The number of benzene rings is 1. The third-order valence-corrected chi connectivity index (χ3v) is 7.45. The SMILES string of the molecule is Cc1cc(C2C3C4C(=C[C@@]2(C)c2ccc(Cl)cc2)[C@H]2CC2[C@H]43)on1. The van der Waals surface area contributed by atoms with Gasteiger partial charge in [-0.1, -0.05) is 47.5 Å². The molecule has 3 saturated carbocycles. The molecule has 2 aromatic rings. The zero-order valence-corrected chi connectivity index (χ0v) is 14.6. The van der Waals surface area contributed by atoms with Gasteiger partial charge in [0.2, 0.25) is 0 Å². The van der Waals surface area contributed by atoms with Crippen LogP contribution in [0, 0.1) is 36.5 Å². The van der Waals surface area contributed by atoms with E-state index >= 15 is 0 Å². The van der Waals surface area contributed by atoms with E-state index in [4.69, 9.17) is 16.1 Å². The smallest absolute Gasteiger partial charge is 0.141 e. The van der Waals surface area contributed by atoms with Gasteiger partial charge in [-0.25, -0.2) is 0 Å². The van der Waals surface area contributed by atoms with E-state index in [1.807, 2.05) is 19.1 Å². The molecule has 4 unspecified atom stereocenters. The molecule has 0 saturated heterocycles. The highest BCUT2D eigenvalue weighted by atomic mass is 35.5. The van der Waals surface area contributed by atoms with Crippen LogP contribution in [0.4, 0.5) is 0 Å². The molecule has 6 rings (SSSR count). The summed E-state index contributed by atoms with van der Waals surface area (Å²) in [6, 6.07) is 10.6. The third kappa shape index (κ3) is 1.56. The number of allylic oxidation sites excluding steroid dienone is 2. The predicted octanol–water partition coefficient (Wildman–Crippen LogP) is 5.13. The highest BCUT2D eigenvalue weighted by Gasteiger charge is 2.75. The van der Waals surface area contributed by atoms with E-state index in [0.29, 0.717) is 5.92 Å². The Balaban J connectivity index is 1.55. The largest absolute Gasteiger partial charge is 0.361 e. The number of aromatic nitrogens is 1. The Labute approximate surface area is 146 Å². The van der Waals surface area contributed by atoms with Crippen LogP contribution in [-0.4, -0.2) is 5.16 Å². The molecule has 1 aromatic heterocycles. The maximum absolute atomic E-state index is 6.14. The van der Waals surface area contributed by atoms with Crippen molar-refractivity contribution in [3.05, 3.63) is 64.0 Å². The molecule has 4 aliphatic rings. The second-order valence-corrected chi connectivity index (χ2v) is 8.91. The number of nitrogens with zero attached hydrogens (tertiary/aromatic N) is 1. The fourth-order valence-corrected chi connectivity index (χ4v) is 6.31. The quantitative estimate of drug-likeness (QED) is 0.710. The molecule has 1 aromatic carbocycles. The summed E-state index contributed by atoms with van der Waals surface area (Å²) in [6.45, 7) is 4.40. The van der Waals surface area contributed by atoms with Crippen LogP contribution in [0.5, 0.6) is 0 Å². The lowest BCUT2D eigenvalue weighted by atomic mass is 9.63. The average Bonchev–Trinajstić information content (AvgIpc) is 3.40. The van der Waals surface area contributed by atoms with Gasteiger partial charge < -0.3 is 4.52 Å². The summed E-state index contributed by atoms with van der Waals surface area (Å²) in [6.07, 6.45) is 4.01. The van der Waals surface area contributed by atoms with Crippen molar-refractivity contribution in [2.45, 2.75) is 31.6 Å². The third-order valence-electron chi connectivity index (χ3n) is 7.20. The number of hydrogen-bond donors (Lipinski definition) is 0. The van der Waals surface area contributed by atoms with Gasteiger partial charge in [-0.15, -0.1) is 0 Å². The van der Waals surface area contributed by atoms with E-state index in [2.05, 4.69) is 36.4 Å². The van der Waals surface area contributed by atoms with Gasteiger partial charge >= 0.3 is 0 Å². The first-order valence-corrected chi connectivity index (χ1v) is 9.37. The van der Waals surface area contributed by atoms with Crippen LogP contribution in [0.3, 0.4) is 0 Å². The maximum Gasteiger partial charge on any atom is 0.141 e. The lowest BCUT2D eigenvalue weighted by Crippen LogP contribution is -2.34. The minimum absolute atomic E-state index is 0.0324. The van der Waals surface area contributed by atoms with Gasteiger partial charge in [-0.05, 0) is 60.6 Å². The molecule has 0 aliphatic heterocycles. The molecule has 2 nitrogen and oxygen atoms in total. The van der Waals surface area contributed by atoms with Crippen molar-refractivity contribution in [1.82, 2.24) is 5.16 Å². The Morgan fingerprint density at radius 3 is 2.71 bits per heavy atom. The molecule has 0 bridgehead atoms. The normalized spacial score (nSPS) is 43.9. The van der Waals surface area contributed by atoms with Crippen molar-refractivity contribution in [1.29, 1.82) is 0 Å². The van der Waals surface area contributed by atoms with Crippen molar-refractivity contribution >= 4 is 11.6 Å². The van der Waals surface area contributed by atoms with Gasteiger partial charge in [0, 0.05) is 22.4 Å². The van der Waals surface area contributed by atoms with E-state index in [0.717, 1.165) is 46.1 Å². The van der Waals surface area contributed by atoms with Crippen molar-refractivity contribution in [2.24, 2.45) is 29.6 Å². The van der Waals surface area contributed by atoms with Gasteiger partial charge in [0.1, 0.15) is 5.76 Å². The van der Waals surface area contributed by atoms with Crippen LogP contribution in [0.15, 0.2) is 46.5 Å². The molecule has 3 fully saturated rings. The lowest BCUT2D eigenvalue weighted by molar-refractivity contribution is 0.273. The minimum Gasteiger partial charge on any atom is -0.361 e. The molecular weight excluding hydrogens is 318 g/mol. The molecule has 122 valence electrons. The number of hydrogen-bond acceptors (Lipinski definition) is 2. The predicted molar refractivity (Wildman–Crippen MR) is 92.9 cm³/mol. The van der Waals surface area contributed by atoms with E-state index in [1.165, 1.54) is 12.0 Å². The van der Waals surface area contributed by atoms with Crippen molar-refractivity contribution < 1.29 is 4.52 Å². The highest BCUT2D eigenvalue weighted by molar-refractivity contribution is 6.30. The minimum atomic E-state index is -0.0324. The molecule has 4 aliphatic carbocycles. The topological polar surface area (TPSA) is 26.0 Å². The molecule has 24 heavy (non-hydrogen) atoms. The average molecular weight is 338 g/mol. The van der Waals surface area contributed by atoms with Crippen molar-refractivity contribution in [3.63, 3.8) is 0 Å². The number of rotatable bonds is 2. The molecule has 1 heterocycles. The Morgan fingerprint density at radius 2 is 2.00 bits per heavy atom. The lowest BCUT2D eigenvalue weighted by Gasteiger charge is -2.39. The first-order valence-electron chi connectivity index (χ1n) is 9.00.